The van der Waals surface area contributed by atoms with Gasteiger partial charge in [-0.25, -0.2) is 13.1 Å². The lowest BCUT2D eigenvalue weighted by Crippen LogP contribution is -2.23. The van der Waals surface area contributed by atoms with E-state index < -0.39 is 10.0 Å². The van der Waals surface area contributed by atoms with Crippen LogP contribution in [-0.2, 0) is 16.6 Å². The summed E-state index contributed by atoms with van der Waals surface area (Å²) in [6.45, 7) is 0.177. The Morgan fingerprint density at radius 2 is 2.00 bits per heavy atom. The van der Waals surface area contributed by atoms with Gasteiger partial charge in [0, 0.05) is 30.3 Å². The fourth-order valence-electron chi connectivity index (χ4n) is 2.49. The second kappa shape index (κ2) is 6.84. The number of amides is 1. The van der Waals surface area contributed by atoms with E-state index in [0.717, 1.165) is 14.7 Å². The van der Waals surface area contributed by atoms with Crippen LogP contribution in [0.1, 0.15) is 18.1 Å². The molecule has 0 unspecified atom stereocenters. The Balaban J connectivity index is 0.00000140. The summed E-state index contributed by atoms with van der Waals surface area (Å²) in [6.07, 6.45) is 1.62. The van der Waals surface area contributed by atoms with Crippen LogP contribution in [0.25, 0.3) is 0 Å². The summed E-state index contributed by atoms with van der Waals surface area (Å²) >= 11 is 2.81. The molecule has 136 valence electrons. The number of hydrogen-bond acceptors (Lipinski definition) is 6. The maximum absolute atomic E-state index is 12.6. The van der Waals surface area contributed by atoms with Gasteiger partial charge in [-0.1, -0.05) is 23.9 Å². The molecule has 0 spiro atoms. The van der Waals surface area contributed by atoms with Crippen LogP contribution < -0.4 is 10.0 Å². The number of hydrogen-bond donors (Lipinski definition) is 2. The molecule has 0 fully saturated rings. The molecule has 3 aromatic rings. The fourth-order valence-corrected chi connectivity index (χ4v) is 5.16. The molecule has 1 aliphatic rings. The van der Waals surface area contributed by atoms with Crippen molar-refractivity contribution in [2.24, 2.45) is 0 Å². The van der Waals surface area contributed by atoms with Crippen LogP contribution in [-0.4, -0.2) is 19.3 Å². The van der Waals surface area contributed by atoms with Gasteiger partial charge in [0.25, 0.3) is 5.91 Å². The Hall–Kier alpha value is -2.20. The molecule has 1 amide bonds. The Kier molecular flexibility index (Phi) is 4.53. The van der Waals surface area contributed by atoms with Crippen molar-refractivity contribution in [2.75, 3.05) is 5.32 Å². The highest BCUT2D eigenvalue weighted by Crippen LogP contribution is 2.39. The molecule has 6 nitrogen and oxygen atoms in total. The average molecular weight is 408 g/mol. The summed E-state index contributed by atoms with van der Waals surface area (Å²) in [6, 6.07) is 12.0. The third-order valence-corrected chi connectivity index (χ3v) is 7.11. The highest BCUT2D eigenvalue weighted by atomic mass is 32.2. The molecule has 0 radical (unpaired) electrons. The van der Waals surface area contributed by atoms with Crippen molar-refractivity contribution >= 4 is 44.7 Å². The smallest absolute Gasteiger partial charge is 0.256 e. The van der Waals surface area contributed by atoms with E-state index in [1.165, 1.54) is 29.2 Å². The van der Waals surface area contributed by atoms with Gasteiger partial charge in [0.05, 0.1) is 21.7 Å². The molecule has 2 N–H and O–H groups in total. The van der Waals surface area contributed by atoms with Crippen LogP contribution in [0.4, 0.5) is 5.69 Å². The van der Waals surface area contributed by atoms with E-state index >= 15 is 0 Å². The van der Waals surface area contributed by atoms with E-state index in [4.69, 9.17) is 0 Å². The largest absolute Gasteiger partial charge is 0.321 e. The van der Waals surface area contributed by atoms with E-state index in [1.807, 2.05) is 12.1 Å². The van der Waals surface area contributed by atoms with Crippen molar-refractivity contribution in [1.82, 2.24) is 9.71 Å². The topological polar surface area (TPSA) is 88.2 Å². The number of fused-ring (bicyclic) bond motifs is 2. The van der Waals surface area contributed by atoms with Crippen molar-refractivity contribution < 1.29 is 16.1 Å². The first-order valence-corrected chi connectivity index (χ1v) is 10.8. The average Bonchev–Trinajstić information content (AvgIpc) is 3.10. The molecule has 1 aromatic heterocycles. The molecule has 2 heterocycles. The Morgan fingerprint density at radius 1 is 1.15 bits per heavy atom. The summed E-state index contributed by atoms with van der Waals surface area (Å²) < 4.78 is 27.7. The Morgan fingerprint density at radius 3 is 2.81 bits per heavy atom. The number of carbonyl (C=O) groups excluding carboxylic acids is 1. The van der Waals surface area contributed by atoms with Gasteiger partial charge >= 0.3 is 0 Å². The lowest BCUT2D eigenvalue weighted by molar-refractivity contribution is 0.102. The first-order valence-electron chi connectivity index (χ1n) is 7.62. The maximum atomic E-state index is 12.6. The number of carbonyl (C=O) groups is 1. The monoisotopic (exact) mass is 407 g/mol. The van der Waals surface area contributed by atoms with Crippen molar-refractivity contribution in [3.63, 3.8) is 0 Å². The molecule has 26 heavy (non-hydrogen) atoms. The van der Waals surface area contributed by atoms with Crippen molar-refractivity contribution in [3.8, 4) is 0 Å². The molecule has 2 aromatic carbocycles. The minimum Gasteiger partial charge on any atom is -0.321 e. The van der Waals surface area contributed by atoms with E-state index in [0.29, 0.717) is 11.3 Å². The third kappa shape index (κ3) is 3.38. The summed E-state index contributed by atoms with van der Waals surface area (Å²) in [5.74, 6) is -0.251. The quantitative estimate of drug-likeness (QED) is 0.686. The second-order valence-corrected chi connectivity index (χ2v) is 9.32. The van der Waals surface area contributed by atoms with Crippen LogP contribution in [0.15, 0.2) is 68.9 Å². The van der Waals surface area contributed by atoms with E-state index in [2.05, 4.69) is 15.0 Å². The lowest BCUT2D eigenvalue weighted by atomic mass is 10.2. The zero-order valence-electron chi connectivity index (χ0n) is 13.3. The van der Waals surface area contributed by atoms with Gasteiger partial charge in [-0.05, 0) is 30.3 Å². The molecule has 0 bridgehead atoms. The van der Waals surface area contributed by atoms with Gasteiger partial charge in [0.1, 0.15) is 0 Å². The van der Waals surface area contributed by atoms with Gasteiger partial charge in [-0.15, -0.1) is 11.3 Å². The molecular weight excluding hydrogens is 390 g/mol. The van der Waals surface area contributed by atoms with Gasteiger partial charge in [-0.2, -0.15) is 0 Å². The number of rotatable bonds is 4. The minimum absolute atomic E-state index is 0. The Labute approximate surface area is 161 Å². The zero-order valence-corrected chi connectivity index (χ0v) is 15.7. The summed E-state index contributed by atoms with van der Waals surface area (Å²) in [5.41, 5.74) is 2.70. The van der Waals surface area contributed by atoms with Crippen molar-refractivity contribution in [1.29, 1.82) is 0 Å². The summed E-state index contributed by atoms with van der Waals surface area (Å²) in [7, 11) is -3.70. The minimum atomic E-state index is -3.70. The summed E-state index contributed by atoms with van der Waals surface area (Å²) in [5, 5.41) is 2.80. The normalized spacial score (nSPS) is 13.5. The van der Waals surface area contributed by atoms with Gasteiger partial charge in [0.2, 0.25) is 10.0 Å². The Bertz CT molecular complexity index is 1090. The summed E-state index contributed by atoms with van der Waals surface area (Å²) in [4.78, 5) is 18.9. The molecule has 0 saturated heterocycles. The number of nitrogens with zero attached hydrogens (tertiary/aromatic N) is 1. The molecular formula is C17H17N3O3S3. The number of sulfonamides is 1. The van der Waals surface area contributed by atoms with Crippen LogP contribution in [0.3, 0.4) is 0 Å². The predicted molar refractivity (Wildman–Crippen MR) is 105 cm³/mol. The highest BCUT2D eigenvalue weighted by molar-refractivity contribution is 7.99. The van der Waals surface area contributed by atoms with Gasteiger partial charge in [0.15, 0.2) is 0 Å². The lowest BCUT2D eigenvalue weighted by Gasteiger charge is -2.10. The molecule has 4 rings (SSSR count). The zero-order chi connectivity index (χ0) is 18.1. The molecule has 0 atom stereocenters. The van der Waals surface area contributed by atoms with E-state index in [9.17, 15) is 13.2 Å². The maximum Gasteiger partial charge on any atom is 0.256 e. The molecule has 0 aliphatic carbocycles. The number of benzene rings is 2. The first-order chi connectivity index (χ1) is 12.5. The first kappa shape index (κ1) is 17.2. The van der Waals surface area contributed by atoms with E-state index in [-0.39, 0.29) is 20.2 Å². The van der Waals surface area contributed by atoms with Crippen molar-refractivity contribution in [2.45, 2.75) is 21.2 Å². The van der Waals surface area contributed by atoms with Crippen LogP contribution >= 0.6 is 23.1 Å². The van der Waals surface area contributed by atoms with Crippen LogP contribution in [0.2, 0.25) is 0 Å². The van der Waals surface area contributed by atoms with Crippen molar-refractivity contribution in [3.05, 3.63) is 64.6 Å². The number of nitrogens with one attached hydrogen (secondary N) is 2. The fraction of sp³-hybridized carbons (Fsp3) is 0.0588. The number of anilines is 1. The third-order valence-electron chi connectivity index (χ3n) is 3.78. The predicted octanol–water partition coefficient (Wildman–Crippen LogP) is 3.83. The van der Waals surface area contributed by atoms with Gasteiger partial charge in [-0.3, -0.25) is 9.78 Å². The SMILES string of the molecule is O=C1Nc2cc(S(=O)(=O)NCc3cncs3)ccc2Sc2ccccc21.[HH].[HH]. The number of aromatic nitrogens is 1. The van der Waals surface area contributed by atoms with Crippen LogP contribution in [0.5, 0.6) is 0 Å². The highest BCUT2D eigenvalue weighted by Gasteiger charge is 2.22. The second-order valence-electron chi connectivity index (χ2n) is 5.50. The van der Waals surface area contributed by atoms with Crippen LogP contribution in [0, 0.1) is 0 Å². The molecule has 9 heteroatoms. The molecule has 0 saturated carbocycles. The van der Waals surface area contributed by atoms with Gasteiger partial charge < -0.3 is 5.32 Å². The molecule has 1 aliphatic heterocycles. The number of thiazole rings is 1. The standard InChI is InChI=1S/C17H13N3O3S3.2H2/c21-17-13-3-1-2-4-15(13)25-16-6-5-12(7-14(16)20-17)26(22,23)19-9-11-8-18-10-24-11;;/h1-8,10,19H,9H2,(H,20,21);2*1H. The van der Waals surface area contributed by atoms with E-state index in [1.54, 1.807) is 36.0 Å².